The number of nitrogens with zero attached hydrogens (tertiary/aromatic N) is 1. The molecule has 1 N–H and O–H groups in total. The van der Waals surface area contributed by atoms with Gasteiger partial charge in [-0.2, -0.15) is 0 Å². The molecule has 1 aliphatic heterocycles. The van der Waals surface area contributed by atoms with Crippen molar-refractivity contribution in [3.63, 3.8) is 0 Å². The van der Waals surface area contributed by atoms with Gasteiger partial charge in [0.15, 0.2) is 0 Å². The van der Waals surface area contributed by atoms with Crippen LogP contribution in [0.25, 0.3) is 0 Å². The summed E-state index contributed by atoms with van der Waals surface area (Å²) < 4.78 is 6.62. The lowest BCUT2D eigenvalue weighted by Gasteiger charge is -2.35. The molecule has 0 saturated carbocycles. The second-order valence-electron chi connectivity index (χ2n) is 4.10. The zero-order valence-corrected chi connectivity index (χ0v) is 12.4. The number of aliphatic hydroxyl groups is 1. The van der Waals surface area contributed by atoms with Gasteiger partial charge in [0.1, 0.15) is 0 Å². The number of amides is 1. The number of aliphatic hydroxyl groups excluding tert-OH is 1. The summed E-state index contributed by atoms with van der Waals surface area (Å²) in [5.41, 5.74) is 0.727. The van der Waals surface area contributed by atoms with Crippen molar-refractivity contribution in [1.82, 2.24) is 4.90 Å². The van der Waals surface area contributed by atoms with E-state index in [0.29, 0.717) is 13.1 Å². The average Bonchev–Trinajstić information content (AvgIpc) is 2.74. The molecule has 1 fully saturated rings. The van der Waals surface area contributed by atoms with E-state index in [1.54, 1.807) is 16.2 Å². The lowest BCUT2D eigenvalue weighted by molar-refractivity contribution is -0.0858. The first-order chi connectivity index (χ1) is 8.10. The summed E-state index contributed by atoms with van der Waals surface area (Å²) in [5.74, 6) is 0.0257. The summed E-state index contributed by atoms with van der Waals surface area (Å²) in [7, 11) is 0. The molecule has 94 valence electrons. The van der Waals surface area contributed by atoms with Crippen molar-refractivity contribution in [2.75, 3.05) is 19.7 Å². The maximum atomic E-state index is 12.2. The molecule has 0 bridgehead atoms. The summed E-state index contributed by atoms with van der Waals surface area (Å²) in [6, 6.07) is 1.89. The number of hydrogen-bond donors (Lipinski definition) is 1. The number of ether oxygens (including phenoxy) is 1. The molecule has 17 heavy (non-hydrogen) atoms. The van der Waals surface area contributed by atoms with E-state index in [0.717, 1.165) is 8.45 Å². The van der Waals surface area contributed by atoms with Crippen LogP contribution >= 0.6 is 33.9 Å². The number of halogens is 1. The zero-order chi connectivity index (χ0) is 12.4. The highest BCUT2D eigenvalue weighted by atomic mass is 127. The molecule has 4 nitrogen and oxygen atoms in total. The predicted molar refractivity (Wildman–Crippen MR) is 74.4 cm³/mol. The van der Waals surface area contributed by atoms with Crippen molar-refractivity contribution < 1.29 is 14.6 Å². The Morgan fingerprint density at radius 1 is 1.71 bits per heavy atom. The van der Waals surface area contributed by atoms with Crippen LogP contribution in [0, 0.1) is 2.88 Å². The molecule has 0 aliphatic carbocycles. The van der Waals surface area contributed by atoms with Crippen LogP contribution < -0.4 is 0 Å². The van der Waals surface area contributed by atoms with Gasteiger partial charge in [-0.15, -0.1) is 11.3 Å². The van der Waals surface area contributed by atoms with Crippen LogP contribution in [0.3, 0.4) is 0 Å². The fraction of sp³-hybridized carbons (Fsp3) is 0.545. The lowest BCUT2D eigenvalue weighted by atomic mass is 10.2. The molecular formula is C11H14INO3S. The highest BCUT2D eigenvalue weighted by Gasteiger charge is 2.28. The second-order valence-corrected chi connectivity index (χ2v) is 6.91. The van der Waals surface area contributed by atoms with Gasteiger partial charge in [0.05, 0.1) is 27.3 Å². The van der Waals surface area contributed by atoms with Crippen molar-refractivity contribution in [2.24, 2.45) is 0 Å². The van der Waals surface area contributed by atoms with Crippen molar-refractivity contribution in [3.05, 3.63) is 19.9 Å². The van der Waals surface area contributed by atoms with Gasteiger partial charge in [-0.1, -0.05) is 0 Å². The van der Waals surface area contributed by atoms with Crippen LogP contribution in [0.4, 0.5) is 0 Å². The fourth-order valence-electron chi connectivity index (χ4n) is 1.92. The first-order valence-electron chi connectivity index (χ1n) is 5.39. The fourth-order valence-corrected chi connectivity index (χ4v) is 3.24. The number of hydrogen-bond acceptors (Lipinski definition) is 4. The Hall–Kier alpha value is -0.180. The van der Waals surface area contributed by atoms with Crippen LogP contribution in [0.15, 0.2) is 11.4 Å². The summed E-state index contributed by atoms with van der Waals surface area (Å²) >= 11 is 3.77. The number of morpholine rings is 1. The Balaban J connectivity index is 2.08. The molecule has 0 spiro atoms. The Morgan fingerprint density at radius 2 is 2.47 bits per heavy atom. The standard InChI is InChI=1S/C11H14INO3S/c1-7-3-13(4-9(5-14)16-7)11(15)8-2-10(12)17-6-8/h2,6-7,9,14H,3-5H2,1H3. The van der Waals surface area contributed by atoms with E-state index in [9.17, 15) is 4.79 Å². The number of thiophene rings is 1. The van der Waals surface area contributed by atoms with Gasteiger partial charge < -0.3 is 14.7 Å². The molecule has 1 aromatic rings. The maximum absolute atomic E-state index is 12.2. The molecule has 2 rings (SSSR count). The third-order valence-electron chi connectivity index (χ3n) is 2.63. The highest BCUT2D eigenvalue weighted by Crippen LogP contribution is 2.20. The van der Waals surface area contributed by atoms with Gasteiger partial charge in [-0.3, -0.25) is 4.79 Å². The van der Waals surface area contributed by atoms with Crippen LogP contribution in [-0.4, -0.2) is 47.8 Å². The molecule has 1 aliphatic rings. The Morgan fingerprint density at radius 3 is 3.06 bits per heavy atom. The highest BCUT2D eigenvalue weighted by molar-refractivity contribution is 14.1. The first kappa shape index (κ1) is 13.3. The number of rotatable bonds is 2. The van der Waals surface area contributed by atoms with Crippen molar-refractivity contribution in [1.29, 1.82) is 0 Å². The van der Waals surface area contributed by atoms with Gasteiger partial charge >= 0.3 is 0 Å². The molecule has 1 aromatic heterocycles. The van der Waals surface area contributed by atoms with Crippen LogP contribution in [0.1, 0.15) is 17.3 Å². The molecule has 0 radical (unpaired) electrons. The molecular weight excluding hydrogens is 353 g/mol. The van der Waals surface area contributed by atoms with Gasteiger partial charge in [0.2, 0.25) is 0 Å². The summed E-state index contributed by atoms with van der Waals surface area (Å²) in [4.78, 5) is 14.0. The first-order valence-corrected chi connectivity index (χ1v) is 7.35. The van der Waals surface area contributed by atoms with Crippen LogP contribution in [0.2, 0.25) is 0 Å². The van der Waals surface area contributed by atoms with Crippen LogP contribution in [-0.2, 0) is 4.74 Å². The van der Waals surface area contributed by atoms with E-state index in [4.69, 9.17) is 9.84 Å². The van der Waals surface area contributed by atoms with Gasteiger partial charge in [-0.05, 0) is 35.6 Å². The molecule has 2 atom stereocenters. The Kier molecular flexibility index (Phi) is 4.40. The molecule has 6 heteroatoms. The largest absolute Gasteiger partial charge is 0.394 e. The lowest BCUT2D eigenvalue weighted by Crippen LogP contribution is -2.50. The minimum absolute atomic E-state index is 0.0254. The monoisotopic (exact) mass is 367 g/mol. The average molecular weight is 367 g/mol. The van der Waals surface area contributed by atoms with Crippen LogP contribution in [0.5, 0.6) is 0 Å². The van der Waals surface area contributed by atoms with Crippen molar-refractivity contribution in [3.8, 4) is 0 Å². The molecule has 1 amide bonds. The second kappa shape index (κ2) is 5.64. The summed E-state index contributed by atoms with van der Waals surface area (Å²) in [6.45, 7) is 2.92. The summed E-state index contributed by atoms with van der Waals surface area (Å²) in [6.07, 6.45) is -0.289. The minimum atomic E-state index is -0.264. The number of carbonyl (C=O) groups is 1. The maximum Gasteiger partial charge on any atom is 0.254 e. The van der Waals surface area contributed by atoms with E-state index in [1.807, 2.05) is 18.4 Å². The molecule has 2 heterocycles. The molecule has 0 aromatic carbocycles. The topological polar surface area (TPSA) is 49.8 Å². The Bertz CT molecular complexity index is 409. The molecule has 2 unspecified atom stereocenters. The van der Waals surface area contributed by atoms with E-state index >= 15 is 0 Å². The smallest absolute Gasteiger partial charge is 0.254 e. The van der Waals surface area contributed by atoms with Crippen molar-refractivity contribution >= 4 is 39.8 Å². The Labute approximate surface area is 118 Å². The van der Waals surface area contributed by atoms with E-state index < -0.39 is 0 Å². The summed E-state index contributed by atoms with van der Waals surface area (Å²) in [5, 5.41) is 11.0. The SMILES string of the molecule is CC1CN(C(=O)c2csc(I)c2)CC(CO)O1. The normalized spacial score (nSPS) is 25.0. The van der Waals surface area contributed by atoms with E-state index in [2.05, 4.69) is 22.6 Å². The van der Waals surface area contributed by atoms with Crippen molar-refractivity contribution in [2.45, 2.75) is 19.1 Å². The van der Waals surface area contributed by atoms with Gasteiger partial charge in [-0.25, -0.2) is 0 Å². The third kappa shape index (κ3) is 3.18. The van der Waals surface area contributed by atoms with Gasteiger partial charge in [0, 0.05) is 18.5 Å². The third-order valence-corrected chi connectivity index (χ3v) is 4.42. The minimum Gasteiger partial charge on any atom is -0.394 e. The van der Waals surface area contributed by atoms with E-state index in [-0.39, 0.29) is 24.7 Å². The van der Waals surface area contributed by atoms with Gasteiger partial charge in [0.25, 0.3) is 5.91 Å². The predicted octanol–water partition coefficient (Wildman–Crippen LogP) is 1.57. The number of carbonyl (C=O) groups excluding carboxylic acids is 1. The molecule has 1 saturated heterocycles. The van der Waals surface area contributed by atoms with E-state index in [1.165, 1.54) is 0 Å². The quantitative estimate of drug-likeness (QED) is 0.808. The zero-order valence-electron chi connectivity index (χ0n) is 9.43.